The van der Waals surface area contributed by atoms with Crippen LogP contribution < -0.4 is 4.90 Å². The van der Waals surface area contributed by atoms with E-state index in [9.17, 15) is 15.2 Å². The number of benzene rings is 1. The number of halogens is 1. The highest BCUT2D eigenvalue weighted by atomic mass is 79.9. The molecule has 3 aliphatic rings. The number of ether oxygens (including phenoxy) is 1. The molecule has 0 atom stereocenters. The first kappa shape index (κ1) is 20.3. The van der Waals surface area contributed by atoms with Crippen LogP contribution in [0.1, 0.15) is 47.7 Å². The lowest BCUT2D eigenvalue weighted by Crippen LogP contribution is -2.36. The summed E-state index contributed by atoms with van der Waals surface area (Å²) in [4.78, 5) is 15.4. The normalized spacial score (nSPS) is 19.0. The Bertz CT molecular complexity index is 1070. The molecule has 1 amide bonds. The number of aryl methyl sites for hydroxylation is 1. The lowest BCUT2D eigenvalue weighted by atomic mass is 9.98. The summed E-state index contributed by atoms with van der Waals surface area (Å²) in [5.41, 5.74) is 4.91. The average Bonchev–Trinajstić information content (AvgIpc) is 3.17. The van der Waals surface area contributed by atoms with E-state index in [-0.39, 0.29) is 6.04 Å². The standard InChI is InChI=1S/C22H24BrN5O3/c23-18-10-14-2-1-6-27(20(14)11-15(18)12-24)21-17-13-26(22(29)30)7-3-19(17)28(25-21)16-4-8-31-9-5-16/h10-11,16H,1-9,13H2,(H,29,30). The molecule has 162 valence electrons. The lowest BCUT2D eigenvalue weighted by Gasteiger charge is -2.32. The summed E-state index contributed by atoms with van der Waals surface area (Å²) in [6.07, 6.45) is 3.52. The van der Waals surface area contributed by atoms with Gasteiger partial charge in [-0.1, -0.05) is 0 Å². The molecule has 3 aliphatic heterocycles. The third kappa shape index (κ3) is 3.58. The summed E-state index contributed by atoms with van der Waals surface area (Å²) in [5, 5.41) is 24.2. The van der Waals surface area contributed by atoms with Crippen LogP contribution in [0.5, 0.6) is 0 Å². The van der Waals surface area contributed by atoms with Crippen LogP contribution in [-0.4, -0.2) is 52.2 Å². The SMILES string of the molecule is N#Cc1cc2c(cc1Br)CCCN2c1nn(C2CCOCC2)c2c1CN(C(=O)O)CC2. The molecule has 31 heavy (non-hydrogen) atoms. The number of rotatable bonds is 2. The number of anilines is 2. The summed E-state index contributed by atoms with van der Waals surface area (Å²) >= 11 is 3.51. The zero-order valence-electron chi connectivity index (χ0n) is 17.2. The number of carboxylic acid groups (broad SMARTS) is 1. The summed E-state index contributed by atoms with van der Waals surface area (Å²) in [6, 6.07) is 6.49. The molecule has 0 radical (unpaired) electrons. The maximum Gasteiger partial charge on any atom is 0.407 e. The van der Waals surface area contributed by atoms with Crippen LogP contribution in [0.3, 0.4) is 0 Å². The second-order valence-corrected chi connectivity index (χ2v) is 9.17. The number of aromatic nitrogens is 2. The van der Waals surface area contributed by atoms with Crippen molar-refractivity contribution in [1.29, 1.82) is 5.26 Å². The molecule has 0 spiro atoms. The molecule has 0 bridgehead atoms. The van der Waals surface area contributed by atoms with E-state index in [1.165, 1.54) is 10.5 Å². The Balaban J connectivity index is 1.62. The molecule has 0 saturated carbocycles. The molecule has 4 heterocycles. The van der Waals surface area contributed by atoms with E-state index >= 15 is 0 Å². The lowest BCUT2D eigenvalue weighted by molar-refractivity contribution is 0.0650. The van der Waals surface area contributed by atoms with Gasteiger partial charge in [0, 0.05) is 54.1 Å². The molecular weight excluding hydrogens is 462 g/mol. The van der Waals surface area contributed by atoms with Gasteiger partial charge in [-0.05, 0) is 59.3 Å². The van der Waals surface area contributed by atoms with E-state index in [1.54, 1.807) is 0 Å². The number of carbonyl (C=O) groups is 1. The minimum Gasteiger partial charge on any atom is -0.465 e. The van der Waals surface area contributed by atoms with Crippen molar-refractivity contribution in [2.24, 2.45) is 0 Å². The van der Waals surface area contributed by atoms with Gasteiger partial charge >= 0.3 is 6.09 Å². The van der Waals surface area contributed by atoms with Gasteiger partial charge in [-0.3, -0.25) is 4.68 Å². The Morgan fingerprint density at radius 3 is 2.81 bits per heavy atom. The molecule has 2 aromatic rings. The minimum absolute atomic E-state index is 0.275. The van der Waals surface area contributed by atoms with Gasteiger partial charge in [0.2, 0.25) is 0 Å². The monoisotopic (exact) mass is 485 g/mol. The molecule has 0 unspecified atom stereocenters. The summed E-state index contributed by atoms with van der Waals surface area (Å²) in [7, 11) is 0. The fraction of sp³-hybridized carbons (Fsp3) is 0.500. The van der Waals surface area contributed by atoms with Crippen molar-refractivity contribution in [3.8, 4) is 6.07 Å². The fourth-order valence-corrected chi connectivity index (χ4v) is 5.43. The van der Waals surface area contributed by atoms with Gasteiger partial charge in [0.1, 0.15) is 6.07 Å². The van der Waals surface area contributed by atoms with Gasteiger partial charge in [-0.2, -0.15) is 10.4 Å². The predicted octanol–water partition coefficient (Wildman–Crippen LogP) is 3.99. The van der Waals surface area contributed by atoms with Crippen LogP contribution in [-0.2, 0) is 24.1 Å². The van der Waals surface area contributed by atoms with Crippen LogP contribution in [0.25, 0.3) is 0 Å². The molecule has 5 rings (SSSR count). The Morgan fingerprint density at radius 2 is 2.06 bits per heavy atom. The molecule has 1 N–H and O–H groups in total. The molecule has 0 aliphatic carbocycles. The first-order valence-corrected chi connectivity index (χ1v) is 11.5. The smallest absolute Gasteiger partial charge is 0.407 e. The summed E-state index contributed by atoms with van der Waals surface area (Å²) in [6.45, 7) is 3.07. The molecule has 1 saturated heterocycles. The van der Waals surface area contributed by atoms with Gasteiger partial charge in [0.15, 0.2) is 5.82 Å². The largest absolute Gasteiger partial charge is 0.465 e. The Morgan fingerprint density at radius 1 is 1.26 bits per heavy atom. The molecule has 1 aromatic carbocycles. The fourth-order valence-electron chi connectivity index (χ4n) is 4.95. The Hall–Kier alpha value is -2.57. The van der Waals surface area contributed by atoms with Gasteiger partial charge < -0.3 is 19.6 Å². The van der Waals surface area contributed by atoms with Crippen molar-refractivity contribution >= 4 is 33.5 Å². The van der Waals surface area contributed by atoms with Crippen LogP contribution in [0.2, 0.25) is 0 Å². The van der Waals surface area contributed by atoms with Crippen LogP contribution in [0.15, 0.2) is 16.6 Å². The molecular formula is C22H24BrN5O3. The van der Waals surface area contributed by atoms with E-state index in [1.807, 2.05) is 12.1 Å². The first-order valence-electron chi connectivity index (χ1n) is 10.7. The van der Waals surface area contributed by atoms with Gasteiger partial charge in [-0.15, -0.1) is 0 Å². The van der Waals surface area contributed by atoms with E-state index in [0.717, 1.165) is 72.7 Å². The van der Waals surface area contributed by atoms with Crippen molar-refractivity contribution in [2.75, 3.05) is 31.2 Å². The number of hydrogen-bond acceptors (Lipinski definition) is 5. The first-order chi connectivity index (χ1) is 15.1. The highest BCUT2D eigenvalue weighted by Crippen LogP contribution is 2.41. The number of nitriles is 1. The van der Waals surface area contributed by atoms with Gasteiger partial charge in [0.05, 0.1) is 18.2 Å². The van der Waals surface area contributed by atoms with E-state index in [0.29, 0.717) is 25.1 Å². The quantitative estimate of drug-likeness (QED) is 0.690. The van der Waals surface area contributed by atoms with Crippen molar-refractivity contribution < 1.29 is 14.6 Å². The number of hydrogen-bond donors (Lipinski definition) is 1. The van der Waals surface area contributed by atoms with Crippen molar-refractivity contribution in [3.63, 3.8) is 0 Å². The van der Waals surface area contributed by atoms with Gasteiger partial charge in [-0.25, -0.2) is 4.79 Å². The average molecular weight is 486 g/mol. The Labute approximate surface area is 189 Å². The van der Waals surface area contributed by atoms with Crippen LogP contribution >= 0.6 is 15.9 Å². The zero-order chi connectivity index (χ0) is 21.5. The topological polar surface area (TPSA) is 94.6 Å². The summed E-state index contributed by atoms with van der Waals surface area (Å²) < 4.78 is 8.50. The third-order valence-electron chi connectivity index (χ3n) is 6.54. The van der Waals surface area contributed by atoms with Crippen molar-refractivity contribution in [1.82, 2.24) is 14.7 Å². The van der Waals surface area contributed by atoms with Crippen LogP contribution in [0.4, 0.5) is 16.3 Å². The summed E-state index contributed by atoms with van der Waals surface area (Å²) in [5.74, 6) is 0.833. The van der Waals surface area contributed by atoms with Crippen molar-refractivity contribution in [2.45, 2.75) is 44.7 Å². The number of fused-ring (bicyclic) bond motifs is 2. The molecule has 8 nitrogen and oxygen atoms in total. The third-order valence-corrected chi connectivity index (χ3v) is 7.19. The van der Waals surface area contributed by atoms with E-state index in [4.69, 9.17) is 9.84 Å². The second kappa shape index (κ2) is 8.17. The maximum absolute atomic E-state index is 11.7. The van der Waals surface area contributed by atoms with Gasteiger partial charge in [0.25, 0.3) is 0 Å². The second-order valence-electron chi connectivity index (χ2n) is 8.32. The van der Waals surface area contributed by atoms with E-state index in [2.05, 4.69) is 31.6 Å². The molecule has 1 fully saturated rings. The van der Waals surface area contributed by atoms with E-state index < -0.39 is 6.09 Å². The molecule has 9 heteroatoms. The number of amides is 1. The highest BCUT2D eigenvalue weighted by molar-refractivity contribution is 9.10. The van der Waals surface area contributed by atoms with Crippen LogP contribution in [0, 0.1) is 11.3 Å². The predicted molar refractivity (Wildman–Crippen MR) is 118 cm³/mol. The minimum atomic E-state index is -0.898. The highest BCUT2D eigenvalue weighted by Gasteiger charge is 2.34. The number of nitrogens with zero attached hydrogens (tertiary/aromatic N) is 5. The zero-order valence-corrected chi connectivity index (χ0v) is 18.8. The Kier molecular flexibility index (Phi) is 5.36. The maximum atomic E-state index is 11.7. The van der Waals surface area contributed by atoms with Crippen molar-refractivity contribution in [3.05, 3.63) is 39.0 Å². The molecule has 1 aromatic heterocycles.